The summed E-state index contributed by atoms with van der Waals surface area (Å²) in [5.74, 6) is 1.86. The summed E-state index contributed by atoms with van der Waals surface area (Å²) in [5.41, 5.74) is 0. The van der Waals surface area contributed by atoms with Crippen molar-refractivity contribution in [3.63, 3.8) is 0 Å². The van der Waals surface area contributed by atoms with Crippen molar-refractivity contribution in [2.75, 3.05) is 19.6 Å². The van der Waals surface area contributed by atoms with Crippen LogP contribution in [0.5, 0.6) is 0 Å². The molecule has 2 aromatic heterocycles. The maximum atomic E-state index is 5.32. The number of nitrogens with one attached hydrogen (secondary N) is 2. The fourth-order valence-electron chi connectivity index (χ4n) is 1.86. The van der Waals surface area contributed by atoms with E-state index in [0.29, 0.717) is 0 Å². The quantitative estimate of drug-likeness (QED) is 0.413. The zero-order chi connectivity index (χ0) is 14.9. The molecule has 0 saturated carbocycles. The normalized spacial score (nSPS) is 11.6. The predicted molar refractivity (Wildman–Crippen MR) is 97.1 cm³/mol. The van der Waals surface area contributed by atoms with Crippen LogP contribution in [0.15, 0.2) is 39.9 Å². The molecule has 2 heterocycles. The zero-order valence-electron chi connectivity index (χ0n) is 12.1. The van der Waals surface area contributed by atoms with Gasteiger partial charge in [0.05, 0.1) is 9.15 Å². The summed E-state index contributed by atoms with van der Waals surface area (Å²) in [7, 11) is 0. The first kappa shape index (κ1) is 16.4. The number of rotatable bonds is 7. The van der Waals surface area contributed by atoms with Crippen LogP contribution in [-0.2, 0) is 12.8 Å². The molecule has 6 heteroatoms. The Kier molecular flexibility index (Phi) is 7.08. The molecule has 0 bridgehead atoms. The van der Waals surface area contributed by atoms with Gasteiger partial charge in [-0.05, 0) is 53.8 Å². The first-order valence-corrected chi connectivity index (χ1v) is 8.96. The van der Waals surface area contributed by atoms with Crippen molar-refractivity contribution >= 4 is 39.9 Å². The lowest BCUT2D eigenvalue weighted by Gasteiger charge is -2.10. The molecule has 0 atom stereocenters. The van der Waals surface area contributed by atoms with E-state index in [1.807, 2.05) is 23.5 Å². The topological polar surface area (TPSA) is 49.6 Å². The minimum absolute atomic E-state index is 0.798. The minimum Gasteiger partial charge on any atom is -0.469 e. The Morgan fingerprint density at radius 3 is 2.86 bits per heavy atom. The van der Waals surface area contributed by atoms with Crippen molar-refractivity contribution in [1.29, 1.82) is 0 Å². The van der Waals surface area contributed by atoms with Gasteiger partial charge in [-0.25, -0.2) is 0 Å². The Bertz CT molecular complexity index is 551. The van der Waals surface area contributed by atoms with Crippen LogP contribution < -0.4 is 10.6 Å². The van der Waals surface area contributed by atoms with Crippen LogP contribution in [0.1, 0.15) is 17.6 Å². The van der Waals surface area contributed by atoms with Crippen molar-refractivity contribution in [2.45, 2.75) is 19.8 Å². The molecule has 0 spiro atoms. The third kappa shape index (κ3) is 6.09. The van der Waals surface area contributed by atoms with Gasteiger partial charge in [0.15, 0.2) is 5.96 Å². The molecule has 0 unspecified atom stereocenters. The first-order valence-electron chi connectivity index (χ1n) is 7.06. The monoisotopic (exact) mass is 417 g/mol. The number of aliphatic imine (C=N–C) groups is 1. The number of guanidine groups is 1. The SMILES string of the molecule is CCNC(=NCCc1ccc(I)s1)NCCc1ccco1. The van der Waals surface area contributed by atoms with Crippen molar-refractivity contribution < 1.29 is 4.42 Å². The van der Waals surface area contributed by atoms with Crippen LogP contribution >= 0.6 is 33.9 Å². The van der Waals surface area contributed by atoms with Crippen molar-refractivity contribution in [3.8, 4) is 0 Å². The van der Waals surface area contributed by atoms with Crippen molar-refractivity contribution in [1.82, 2.24) is 10.6 Å². The molecule has 0 fully saturated rings. The van der Waals surface area contributed by atoms with Gasteiger partial charge in [-0.15, -0.1) is 11.3 Å². The van der Waals surface area contributed by atoms with Crippen LogP contribution in [0.25, 0.3) is 0 Å². The van der Waals surface area contributed by atoms with Gasteiger partial charge in [0, 0.05) is 37.4 Å². The van der Waals surface area contributed by atoms with E-state index in [1.54, 1.807) is 6.26 Å². The maximum absolute atomic E-state index is 5.32. The second-order valence-corrected chi connectivity index (χ2v) is 7.54. The van der Waals surface area contributed by atoms with Gasteiger partial charge in [0.25, 0.3) is 0 Å². The predicted octanol–water partition coefficient (Wildman–Crippen LogP) is 3.29. The molecular weight excluding hydrogens is 397 g/mol. The molecule has 2 N–H and O–H groups in total. The number of nitrogens with zero attached hydrogens (tertiary/aromatic N) is 1. The summed E-state index contributed by atoms with van der Waals surface area (Å²) in [6, 6.07) is 8.23. The van der Waals surface area contributed by atoms with E-state index in [4.69, 9.17) is 4.42 Å². The van der Waals surface area contributed by atoms with Gasteiger partial charge in [0.2, 0.25) is 0 Å². The zero-order valence-corrected chi connectivity index (χ0v) is 15.0. The van der Waals surface area contributed by atoms with Gasteiger partial charge >= 0.3 is 0 Å². The molecule has 0 amide bonds. The lowest BCUT2D eigenvalue weighted by Crippen LogP contribution is -2.38. The molecule has 4 nitrogen and oxygen atoms in total. The maximum Gasteiger partial charge on any atom is 0.191 e. The highest BCUT2D eigenvalue weighted by Gasteiger charge is 2.00. The molecule has 0 saturated heterocycles. The third-order valence-corrected chi connectivity index (χ3v) is 4.80. The molecule has 0 aliphatic rings. The lowest BCUT2D eigenvalue weighted by atomic mass is 10.3. The van der Waals surface area contributed by atoms with Crippen molar-refractivity contribution in [3.05, 3.63) is 44.0 Å². The molecule has 2 aromatic rings. The lowest BCUT2D eigenvalue weighted by molar-refractivity contribution is 0.507. The molecule has 114 valence electrons. The second-order valence-electron chi connectivity index (χ2n) is 4.47. The smallest absolute Gasteiger partial charge is 0.191 e. The number of thiophene rings is 1. The van der Waals surface area contributed by atoms with Gasteiger partial charge in [-0.3, -0.25) is 4.99 Å². The summed E-state index contributed by atoms with van der Waals surface area (Å²) in [6.07, 6.45) is 3.56. The number of hydrogen-bond acceptors (Lipinski definition) is 3. The molecule has 0 aliphatic heterocycles. The average Bonchev–Trinajstić information content (AvgIpc) is 3.11. The van der Waals surface area contributed by atoms with Gasteiger partial charge in [-0.2, -0.15) is 0 Å². The van der Waals surface area contributed by atoms with Gasteiger partial charge < -0.3 is 15.1 Å². The number of furan rings is 1. The van der Waals surface area contributed by atoms with Crippen LogP contribution in [0.4, 0.5) is 0 Å². The fourth-order valence-corrected chi connectivity index (χ4v) is 3.61. The van der Waals surface area contributed by atoms with E-state index >= 15 is 0 Å². The summed E-state index contributed by atoms with van der Waals surface area (Å²) in [4.78, 5) is 5.99. The highest BCUT2D eigenvalue weighted by atomic mass is 127. The number of hydrogen-bond donors (Lipinski definition) is 2. The average molecular weight is 417 g/mol. The number of halogens is 1. The third-order valence-electron chi connectivity index (χ3n) is 2.85. The summed E-state index contributed by atoms with van der Waals surface area (Å²) >= 11 is 4.18. The second kappa shape index (κ2) is 9.09. The molecule has 21 heavy (non-hydrogen) atoms. The van der Waals surface area contributed by atoms with E-state index in [-0.39, 0.29) is 0 Å². The Labute approximate surface area is 143 Å². The van der Waals surface area contributed by atoms with Crippen LogP contribution in [0.2, 0.25) is 0 Å². The van der Waals surface area contributed by atoms with E-state index in [9.17, 15) is 0 Å². The van der Waals surface area contributed by atoms with Gasteiger partial charge in [-0.1, -0.05) is 0 Å². The molecule has 0 radical (unpaired) electrons. The first-order chi connectivity index (χ1) is 10.3. The van der Waals surface area contributed by atoms with Crippen LogP contribution in [0.3, 0.4) is 0 Å². The van der Waals surface area contributed by atoms with E-state index in [0.717, 1.165) is 44.2 Å². The Morgan fingerprint density at radius 1 is 1.29 bits per heavy atom. The largest absolute Gasteiger partial charge is 0.469 e. The fraction of sp³-hybridized carbons (Fsp3) is 0.400. The molecule has 2 rings (SSSR count). The van der Waals surface area contributed by atoms with E-state index < -0.39 is 0 Å². The Hall–Kier alpha value is -1.02. The van der Waals surface area contributed by atoms with Crippen LogP contribution in [-0.4, -0.2) is 25.6 Å². The highest BCUT2D eigenvalue weighted by molar-refractivity contribution is 14.1. The molecular formula is C15H20IN3OS. The summed E-state index contributed by atoms with van der Waals surface area (Å²) < 4.78 is 6.65. The minimum atomic E-state index is 0.798. The molecule has 0 aromatic carbocycles. The van der Waals surface area contributed by atoms with Crippen molar-refractivity contribution in [2.24, 2.45) is 4.99 Å². The van der Waals surface area contributed by atoms with E-state index in [1.165, 1.54) is 7.76 Å². The summed E-state index contributed by atoms with van der Waals surface area (Å²) in [6.45, 7) is 4.55. The Morgan fingerprint density at radius 2 is 2.19 bits per heavy atom. The highest BCUT2D eigenvalue weighted by Crippen LogP contribution is 2.18. The summed E-state index contributed by atoms with van der Waals surface area (Å²) in [5, 5.41) is 6.60. The molecule has 0 aliphatic carbocycles. The standard InChI is InChI=1S/C15H20IN3OS/c1-2-17-15(18-9-7-12-4-3-11-20-12)19-10-8-13-5-6-14(16)21-13/h3-6,11H,2,7-10H2,1H3,(H2,17,18,19). The van der Waals surface area contributed by atoms with Crippen LogP contribution in [0, 0.1) is 2.88 Å². The van der Waals surface area contributed by atoms with Gasteiger partial charge in [0.1, 0.15) is 5.76 Å². The Balaban J connectivity index is 1.75. The van der Waals surface area contributed by atoms with E-state index in [2.05, 4.69) is 57.3 Å².